The van der Waals surface area contributed by atoms with Crippen LogP contribution in [0.15, 0.2) is 0 Å². The Kier molecular flexibility index (Phi) is 4.12. The Labute approximate surface area is 62.6 Å². The third-order valence-corrected chi connectivity index (χ3v) is 1.29. The molecule has 0 saturated heterocycles. The Hall–Kier alpha value is 0.100. The molecule has 10 heavy (non-hydrogen) atoms. The fourth-order valence-corrected chi connectivity index (χ4v) is 0.607. The molecule has 0 rings (SSSR count). The number of alkyl halides is 3. The largest absolute Gasteiger partial charge is 0.793 e. The van der Waals surface area contributed by atoms with Gasteiger partial charge in [-0.25, -0.2) is 0 Å². The summed E-state index contributed by atoms with van der Waals surface area (Å²) in [7, 11) is 0. The third kappa shape index (κ3) is 4.00. The van der Waals surface area contributed by atoms with E-state index in [-0.39, 0.29) is 18.6 Å². The maximum atomic E-state index is 11.5. The topological polar surface area (TPSA) is 20.2 Å². The summed E-state index contributed by atoms with van der Waals surface area (Å²) in [5.74, 6) is 0.257. The van der Waals surface area contributed by atoms with Gasteiger partial charge in [0.15, 0.2) is 0 Å². The lowest BCUT2D eigenvalue weighted by atomic mass is 10.2. The van der Waals surface area contributed by atoms with Gasteiger partial charge in [0.2, 0.25) is 0 Å². The van der Waals surface area contributed by atoms with Gasteiger partial charge in [0.05, 0.1) is 0 Å². The van der Waals surface area contributed by atoms with E-state index in [0.717, 1.165) is 0 Å². The molecule has 1 unspecified atom stereocenters. The highest BCUT2D eigenvalue weighted by Crippen LogP contribution is 2.22. The summed E-state index contributed by atoms with van der Waals surface area (Å²) in [5.41, 5.74) is 0. The minimum atomic E-state index is -4.48. The number of halogens is 3. The first-order chi connectivity index (χ1) is 4.48. The van der Waals surface area contributed by atoms with Gasteiger partial charge < -0.3 is 17.7 Å². The van der Waals surface area contributed by atoms with E-state index in [1.807, 2.05) is 0 Å². The lowest BCUT2D eigenvalue weighted by Gasteiger charge is -2.14. The van der Waals surface area contributed by atoms with E-state index in [2.05, 4.69) is 12.6 Å². The highest BCUT2D eigenvalue weighted by atomic mass is 32.1. The van der Waals surface area contributed by atoms with Crippen molar-refractivity contribution in [3.05, 3.63) is 0 Å². The minimum Gasteiger partial charge on any atom is -0.793 e. The van der Waals surface area contributed by atoms with E-state index in [9.17, 15) is 13.2 Å². The molecule has 0 aliphatic rings. The molecule has 0 aromatic heterocycles. The van der Waals surface area contributed by atoms with Gasteiger partial charge in [-0.1, -0.05) is 6.42 Å². The molecule has 0 aromatic carbocycles. The molecule has 0 aromatic rings. The quantitative estimate of drug-likeness (QED) is 0.648. The molecule has 0 radical (unpaired) electrons. The lowest BCUT2D eigenvalue weighted by molar-refractivity contribution is -0.205. The van der Waals surface area contributed by atoms with Crippen molar-refractivity contribution in [2.75, 3.05) is 5.75 Å². The number of aliphatic hydroxyl groups is 1. The van der Waals surface area contributed by atoms with Crippen LogP contribution in [0.2, 0.25) is 0 Å². The number of rotatable bonds is 3. The standard InChI is InChI=1S/C5H9F3OS/c6-5(7,8)4(9)2-1-3-10/h4,9-10H,1-3H2/p-1. The van der Waals surface area contributed by atoms with Crippen LogP contribution in [0.5, 0.6) is 0 Å². The van der Waals surface area contributed by atoms with Gasteiger partial charge in [0, 0.05) is 0 Å². The molecular weight excluding hydrogens is 165 g/mol. The SMILES string of the molecule is OC(CCC[S-])C(F)(F)F. The van der Waals surface area contributed by atoms with Crippen LogP contribution in [-0.4, -0.2) is 23.1 Å². The zero-order chi connectivity index (χ0) is 8.20. The molecule has 0 aliphatic carbocycles. The van der Waals surface area contributed by atoms with Crippen LogP contribution in [0.3, 0.4) is 0 Å². The Morgan fingerprint density at radius 1 is 1.40 bits per heavy atom. The van der Waals surface area contributed by atoms with E-state index in [4.69, 9.17) is 5.11 Å². The molecule has 1 N–H and O–H groups in total. The van der Waals surface area contributed by atoms with Gasteiger partial charge in [-0.3, -0.25) is 0 Å². The fourth-order valence-electron chi connectivity index (χ4n) is 0.440. The van der Waals surface area contributed by atoms with Gasteiger partial charge >= 0.3 is 6.18 Å². The van der Waals surface area contributed by atoms with Gasteiger partial charge in [0.25, 0.3) is 0 Å². The molecule has 0 bridgehead atoms. The van der Waals surface area contributed by atoms with Crippen LogP contribution in [0.4, 0.5) is 13.2 Å². The lowest BCUT2D eigenvalue weighted by Crippen LogP contribution is -2.28. The van der Waals surface area contributed by atoms with E-state index < -0.39 is 12.3 Å². The zero-order valence-corrected chi connectivity index (χ0v) is 6.00. The first kappa shape index (κ1) is 10.1. The average molecular weight is 173 g/mol. The summed E-state index contributed by atoms with van der Waals surface area (Å²) in [6.07, 6.45) is -6.73. The van der Waals surface area contributed by atoms with Crippen molar-refractivity contribution in [3.8, 4) is 0 Å². The first-order valence-electron chi connectivity index (χ1n) is 2.81. The van der Waals surface area contributed by atoms with Gasteiger partial charge in [-0.05, 0) is 6.42 Å². The number of hydrogen-bond donors (Lipinski definition) is 1. The Morgan fingerprint density at radius 2 is 1.90 bits per heavy atom. The summed E-state index contributed by atoms with van der Waals surface area (Å²) >= 11 is 4.41. The second-order valence-corrected chi connectivity index (χ2v) is 2.31. The molecule has 1 nitrogen and oxygen atoms in total. The van der Waals surface area contributed by atoms with E-state index >= 15 is 0 Å². The molecule has 0 heterocycles. The van der Waals surface area contributed by atoms with Crippen molar-refractivity contribution < 1.29 is 18.3 Å². The summed E-state index contributed by atoms with van der Waals surface area (Å²) < 4.78 is 34.5. The fraction of sp³-hybridized carbons (Fsp3) is 1.00. The number of aliphatic hydroxyl groups excluding tert-OH is 1. The smallest absolute Gasteiger partial charge is 0.414 e. The predicted octanol–water partition coefficient (Wildman–Crippen LogP) is 1.24. The maximum absolute atomic E-state index is 11.5. The normalized spacial score (nSPS) is 15.3. The van der Waals surface area contributed by atoms with Crippen LogP contribution in [0.1, 0.15) is 12.8 Å². The second-order valence-electron chi connectivity index (χ2n) is 1.90. The highest BCUT2D eigenvalue weighted by molar-refractivity contribution is 7.58. The zero-order valence-electron chi connectivity index (χ0n) is 5.19. The molecule has 0 saturated carbocycles. The van der Waals surface area contributed by atoms with E-state index in [1.54, 1.807) is 0 Å². The Balaban J connectivity index is 3.52. The summed E-state index contributed by atoms with van der Waals surface area (Å²) in [5, 5.41) is 8.35. The van der Waals surface area contributed by atoms with Crippen LogP contribution < -0.4 is 0 Å². The van der Waals surface area contributed by atoms with Crippen molar-refractivity contribution in [3.63, 3.8) is 0 Å². The van der Waals surface area contributed by atoms with Crippen LogP contribution in [0.25, 0.3) is 0 Å². The second kappa shape index (κ2) is 4.08. The van der Waals surface area contributed by atoms with Crippen molar-refractivity contribution in [2.24, 2.45) is 0 Å². The summed E-state index contributed by atoms with van der Waals surface area (Å²) in [6, 6.07) is 0. The molecule has 5 heteroatoms. The van der Waals surface area contributed by atoms with Crippen LogP contribution >= 0.6 is 0 Å². The van der Waals surface area contributed by atoms with E-state index in [0.29, 0.717) is 0 Å². The average Bonchev–Trinajstić information content (AvgIpc) is 1.80. The molecule has 62 valence electrons. The van der Waals surface area contributed by atoms with E-state index in [1.165, 1.54) is 0 Å². The molecule has 1 atom stereocenters. The van der Waals surface area contributed by atoms with Crippen molar-refractivity contribution >= 4 is 12.6 Å². The van der Waals surface area contributed by atoms with Crippen LogP contribution in [0, 0.1) is 0 Å². The first-order valence-corrected chi connectivity index (χ1v) is 3.39. The molecule has 0 amide bonds. The monoisotopic (exact) mass is 173 g/mol. The van der Waals surface area contributed by atoms with Gasteiger partial charge in [-0.15, -0.1) is 0 Å². The summed E-state index contributed by atoms with van der Waals surface area (Å²) in [6.45, 7) is 0. The van der Waals surface area contributed by atoms with Gasteiger partial charge in [0.1, 0.15) is 6.10 Å². The highest BCUT2D eigenvalue weighted by Gasteiger charge is 2.36. The molecule has 0 fully saturated rings. The Bertz CT molecular complexity index is 93.4. The molecular formula is C5H8F3OS-. The van der Waals surface area contributed by atoms with Crippen molar-refractivity contribution in [1.29, 1.82) is 0 Å². The molecule has 0 aliphatic heterocycles. The maximum Gasteiger partial charge on any atom is 0.414 e. The minimum absolute atomic E-state index is 0.232. The Morgan fingerprint density at radius 3 is 2.20 bits per heavy atom. The molecule has 0 spiro atoms. The van der Waals surface area contributed by atoms with Crippen molar-refractivity contribution in [2.45, 2.75) is 25.1 Å². The number of hydrogen-bond acceptors (Lipinski definition) is 2. The van der Waals surface area contributed by atoms with Crippen LogP contribution in [-0.2, 0) is 12.6 Å². The van der Waals surface area contributed by atoms with Gasteiger partial charge in [-0.2, -0.15) is 18.9 Å². The summed E-state index contributed by atoms with van der Waals surface area (Å²) in [4.78, 5) is 0. The third-order valence-electron chi connectivity index (χ3n) is 1.000. The van der Waals surface area contributed by atoms with Crippen molar-refractivity contribution in [1.82, 2.24) is 0 Å². The predicted molar refractivity (Wildman–Crippen MR) is 33.5 cm³/mol.